The van der Waals surface area contributed by atoms with E-state index in [4.69, 9.17) is 4.74 Å². The third kappa shape index (κ3) is 4.44. The van der Waals surface area contributed by atoms with Crippen LogP contribution in [0.5, 0.6) is 0 Å². The fourth-order valence-electron chi connectivity index (χ4n) is 3.55. The summed E-state index contributed by atoms with van der Waals surface area (Å²) in [4.78, 5) is 18.9. The number of piperidine rings is 1. The van der Waals surface area contributed by atoms with Gasteiger partial charge in [0, 0.05) is 42.8 Å². The summed E-state index contributed by atoms with van der Waals surface area (Å²) in [6.07, 6.45) is 4.81. The number of hydrogen-bond donors (Lipinski definition) is 1. The van der Waals surface area contributed by atoms with Gasteiger partial charge in [0.25, 0.3) is 0 Å². The van der Waals surface area contributed by atoms with Crippen molar-refractivity contribution >= 4 is 22.6 Å². The van der Waals surface area contributed by atoms with Gasteiger partial charge in [-0.25, -0.2) is 4.79 Å². The molecule has 1 aromatic heterocycles. The lowest BCUT2D eigenvalue weighted by atomic mass is 10.1. The van der Waals surface area contributed by atoms with Gasteiger partial charge in [-0.1, -0.05) is 42.5 Å². The van der Waals surface area contributed by atoms with Gasteiger partial charge in [0.2, 0.25) is 0 Å². The van der Waals surface area contributed by atoms with Crippen molar-refractivity contribution < 1.29 is 9.53 Å². The minimum atomic E-state index is -0.388. The van der Waals surface area contributed by atoms with E-state index in [1.807, 2.05) is 30.3 Å². The highest BCUT2D eigenvalue weighted by atomic mass is 16.6. The Morgan fingerprint density at radius 2 is 1.89 bits per heavy atom. The van der Waals surface area contributed by atoms with E-state index in [0.717, 1.165) is 48.9 Å². The first-order valence-corrected chi connectivity index (χ1v) is 9.34. The fraction of sp³-hybridized carbons (Fsp3) is 0.273. The largest absolute Gasteiger partial charge is 0.446 e. The van der Waals surface area contributed by atoms with Gasteiger partial charge < -0.3 is 4.74 Å². The summed E-state index contributed by atoms with van der Waals surface area (Å²) in [5.74, 6) is 0. The van der Waals surface area contributed by atoms with Crippen LogP contribution in [0, 0.1) is 0 Å². The first-order valence-electron chi connectivity index (χ1n) is 9.34. The molecule has 5 heteroatoms. The standard InChI is InChI=1S/C22H23N3O2/c26-22(24-21-8-4-7-18-15-23-12-9-20(18)21)27-19-10-13-25(14-11-19)16-17-5-2-1-3-6-17/h1-9,12,15,19H,10-11,13-14,16H2,(H,24,26). The van der Waals surface area contributed by atoms with Gasteiger partial charge in [-0.3, -0.25) is 15.2 Å². The number of carbonyl (C=O) groups excluding carboxylic acids is 1. The van der Waals surface area contributed by atoms with E-state index in [0.29, 0.717) is 0 Å². The maximum atomic E-state index is 12.3. The normalized spacial score (nSPS) is 15.6. The summed E-state index contributed by atoms with van der Waals surface area (Å²) in [7, 11) is 0. The number of nitrogens with one attached hydrogen (secondary N) is 1. The number of benzene rings is 2. The molecule has 1 aliphatic rings. The molecule has 2 heterocycles. The van der Waals surface area contributed by atoms with Crippen molar-refractivity contribution in [2.24, 2.45) is 0 Å². The quantitative estimate of drug-likeness (QED) is 0.746. The Hall–Kier alpha value is -2.92. The van der Waals surface area contributed by atoms with Crippen molar-refractivity contribution in [1.29, 1.82) is 0 Å². The number of nitrogens with zero attached hydrogens (tertiary/aromatic N) is 2. The second-order valence-corrected chi connectivity index (χ2v) is 6.89. The van der Waals surface area contributed by atoms with Crippen LogP contribution in [0.4, 0.5) is 10.5 Å². The molecule has 0 aliphatic carbocycles. The molecule has 1 fully saturated rings. The lowest BCUT2D eigenvalue weighted by Gasteiger charge is -2.31. The Morgan fingerprint density at radius 1 is 1.07 bits per heavy atom. The summed E-state index contributed by atoms with van der Waals surface area (Å²) < 4.78 is 5.65. The summed E-state index contributed by atoms with van der Waals surface area (Å²) in [5, 5.41) is 4.83. The number of pyridine rings is 1. The number of likely N-dealkylation sites (tertiary alicyclic amines) is 1. The maximum Gasteiger partial charge on any atom is 0.411 e. The first-order chi connectivity index (χ1) is 13.3. The molecule has 0 bridgehead atoms. The molecule has 3 aromatic rings. The fourth-order valence-corrected chi connectivity index (χ4v) is 3.55. The lowest BCUT2D eigenvalue weighted by Crippen LogP contribution is -2.38. The summed E-state index contributed by atoms with van der Waals surface area (Å²) in [6, 6.07) is 18.1. The second kappa shape index (κ2) is 8.18. The molecule has 0 spiro atoms. The van der Waals surface area contributed by atoms with Crippen LogP contribution in [0.15, 0.2) is 67.0 Å². The highest BCUT2D eigenvalue weighted by molar-refractivity contribution is 5.99. The van der Waals surface area contributed by atoms with E-state index in [1.165, 1.54) is 5.56 Å². The van der Waals surface area contributed by atoms with Gasteiger partial charge in [-0.15, -0.1) is 0 Å². The molecule has 1 amide bonds. The SMILES string of the molecule is O=C(Nc1cccc2cnccc12)OC1CCN(Cc2ccccc2)CC1. The van der Waals surface area contributed by atoms with Crippen molar-refractivity contribution in [2.75, 3.05) is 18.4 Å². The number of aromatic nitrogens is 1. The zero-order chi connectivity index (χ0) is 18.5. The third-order valence-corrected chi connectivity index (χ3v) is 4.97. The molecular formula is C22H23N3O2. The van der Waals surface area contributed by atoms with Gasteiger partial charge in [0.15, 0.2) is 0 Å². The Morgan fingerprint density at radius 3 is 2.70 bits per heavy atom. The van der Waals surface area contributed by atoms with Crippen LogP contribution in [0.2, 0.25) is 0 Å². The summed E-state index contributed by atoms with van der Waals surface area (Å²) in [5.41, 5.74) is 2.07. The smallest absolute Gasteiger partial charge is 0.411 e. The molecule has 1 N–H and O–H groups in total. The van der Waals surface area contributed by atoms with Crippen LogP contribution in [0.25, 0.3) is 10.8 Å². The van der Waals surface area contributed by atoms with E-state index >= 15 is 0 Å². The van der Waals surface area contributed by atoms with Gasteiger partial charge >= 0.3 is 6.09 Å². The highest BCUT2D eigenvalue weighted by Gasteiger charge is 2.22. The van der Waals surface area contributed by atoms with Crippen LogP contribution >= 0.6 is 0 Å². The predicted octanol–water partition coefficient (Wildman–Crippen LogP) is 4.45. The maximum absolute atomic E-state index is 12.3. The minimum Gasteiger partial charge on any atom is -0.446 e. The summed E-state index contributed by atoms with van der Waals surface area (Å²) in [6.45, 7) is 2.82. The van der Waals surface area contributed by atoms with Crippen LogP contribution in [-0.2, 0) is 11.3 Å². The van der Waals surface area contributed by atoms with Crippen molar-refractivity contribution in [2.45, 2.75) is 25.5 Å². The number of ether oxygens (including phenoxy) is 1. The van der Waals surface area contributed by atoms with E-state index in [-0.39, 0.29) is 12.2 Å². The molecule has 5 nitrogen and oxygen atoms in total. The van der Waals surface area contributed by atoms with Crippen LogP contribution in [0.3, 0.4) is 0 Å². The number of carbonyl (C=O) groups is 1. The highest BCUT2D eigenvalue weighted by Crippen LogP contribution is 2.23. The molecule has 1 aliphatic heterocycles. The van der Waals surface area contributed by atoms with Crippen LogP contribution in [-0.4, -0.2) is 35.2 Å². The van der Waals surface area contributed by atoms with Crippen molar-refractivity contribution in [3.8, 4) is 0 Å². The average Bonchev–Trinajstić information content (AvgIpc) is 2.71. The van der Waals surface area contributed by atoms with Crippen molar-refractivity contribution in [3.05, 3.63) is 72.6 Å². The second-order valence-electron chi connectivity index (χ2n) is 6.89. The van der Waals surface area contributed by atoms with E-state index in [1.54, 1.807) is 12.4 Å². The molecule has 1 saturated heterocycles. The molecule has 0 saturated carbocycles. The van der Waals surface area contributed by atoms with E-state index in [9.17, 15) is 4.79 Å². The zero-order valence-corrected chi connectivity index (χ0v) is 15.2. The molecule has 27 heavy (non-hydrogen) atoms. The Bertz CT molecular complexity index is 900. The van der Waals surface area contributed by atoms with Gasteiger partial charge in [0.05, 0.1) is 5.69 Å². The number of fused-ring (bicyclic) bond motifs is 1. The Kier molecular flexibility index (Phi) is 5.30. The summed E-state index contributed by atoms with van der Waals surface area (Å²) >= 11 is 0. The lowest BCUT2D eigenvalue weighted by molar-refractivity contribution is 0.0567. The topological polar surface area (TPSA) is 54.5 Å². The monoisotopic (exact) mass is 361 g/mol. The Labute approximate surface area is 159 Å². The molecule has 0 unspecified atom stereocenters. The molecule has 138 valence electrons. The van der Waals surface area contributed by atoms with Crippen LogP contribution in [0.1, 0.15) is 18.4 Å². The van der Waals surface area contributed by atoms with Gasteiger partial charge in [0.1, 0.15) is 6.10 Å². The zero-order valence-electron chi connectivity index (χ0n) is 15.2. The van der Waals surface area contributed by atoms with E-state index < -0.39 is 0 Å². The van der Waals surface area contributed by atoms with Crippen LogP contribution < -0.4 is 5.32 Å². The van der Waals surface area contributed by atoms with E-state index in [2.05, 4.69) is 39.5 Å². The Balaban J connectivity index is 1.29. The molecule has 4 rings (SSSR count). The number of amides is 1. The molecule has 0 radical (unpaired) electrons. The number of anilines is 1. The molecule has 2 aromatic carbocycles. The third-order valence-electron chi connectivity index (χ3n) is 4.97. The minimum absolute atomic E-state index is 0.0336. The van der Waals surface area contributed by atoms with Gasteiger partial charge in [-0.2, -0.15) is 0 Å². The van der Waals surface area contributed by atoms with Gasteiger partial charge in [-0.05, 0) is 30.5 Å². The first kappa shape index (κ1) is 17.5. The molecule has 0 atom stereocenters. The average molecular weight is 361 g/mol. The number of hydrogen-bond acceptors (Lipinski definition) is 4. The predicted molar refractivity (Wildman–Crippen MR) is 107 cm³/mol. The number of rotatable bonds is 4. The van der Waals surface area contributed by atoms with Crippen molar-refractivity contribution in [3.63, 3.8) is 0 Å². The van der Waals surface area contributed by atoms with Crippen molar-refractivity contribution in [1.82, 2.24) is 9.88 Å². The molecular weight excluding hydrogens is 338 g/mol.